The van der Waals surface area contributed by atoms with Gasteiger partial charge in [-0.15, -0.1) is 5.10 Å². The SMILES string of the molecule is C=CCOc1ccccc1CN1CCC(n2cc(C(=O)N(C)CCO)nn2)CC1. The molecule has 2 heterocycles. The van der Waals surface area contributed by atoms with Crippen molar-refractivity contribution in [2.75, 3.05) is 39.9 Å². The number of benzene rings is 1. The Morgan fingerprint density at radius 1 is 1.38 bits per heavy atom. The molecule has 0 spiro atoms. The second-order valence-electron chi connectivity index (χ2n) is 7.25. The highest BCUT2D eigenvalue weighted by Crippen LogP contribution is 2.26. The number of para-hydroxylation sites is 1. The number of hydrogen-bond acceptors (Lipinski definition) is 6. The fourth-order valence-corrected chi connectivity index (χ4v) is 3.51. The normalized spacial score (nSPS) is 15.2. The number of aliphatic hydroxyl groups excluding tert-OH is 1. The highest BCUT2D eigenvalue weighted by molar-refractivity contribution is 5.91. The Bertz CT molecular complexity index is 814. The van der Waals surface area contributed by atoms with Crippen molar-refractivity contribution in [2.45, 2.75) is 25.4 Å². The van der Waals surface area contributed by atoms with Gasteiger partial charge in [0, 0.05) is 38.8 Å². The molecule has 1 aliphatic rings. The maximum absolute atomic E-state index is 12.3. The lowest BCUT2D eigenvalue weighted by molar-refractivity contribution is 0.0761. The molecule has 1 aromatic carbocycles. The maximum Gasteiger partial charge on any atom is 0.275 e. The quantitative estimate of drug-likeness (QED) is 0.647. The summed E-state index contributed by atoms with van der Waals surface area (Å²) in [6.07, 6.45) is 5.36. The minimum absolute atomic E-state index is 0.0728. The Hall–Kier alpha value is -2.71. The zero-order valence-corrected chi connectivity index (χ0v) is 16.9. The Morgan fingerprint density at radius 2 is 2.14 bits per heavy atom. The van der Waals surface area contributed by atoms with E-state index in [0.717, 1.165) is 38.2 Å². The van der Waals surface area contributed by atoms with Crippen LogP contribution in [0.25, 0.3) is 0 Å². The number of aromatic nitrogens is 3. The van der Waals surface area contributed by atoms with Crippen LogP contribution in [0.5, 0.6) is 5.75 Å². The molecule has 0 unspecified atom stereocenters. The van der Waals surface area contributed by atoms with E-state index in [4.69, 9.17) is 9.84 Å². The van der Waals surface area contributed by atoms with Crippen molar-refractivity contribution in [1.29, 1.82) is 0 Å². The van der Waals surface area contributed by atoms with E-state index >= 15 is 0 Å². The van der Waals surface area contributed by atoms with Gasteiger partial charge in [-0.2, -0.15) is 0 Å². The molecule has 29 heavy (non-hydrogen) atoms. The van der Waals surface area contributed by atoms with Gasteiger partial charge in [-0.3, -0.25) is 9.69 Å². The van der Waals surface area contributed by atoms with Crippen LogP contribution in [0, 0.1) is 0 Å². The monoisotopic (exact) mass is 399 g/mol. The van der Waals surface area contributed by atoms with Crippen LogP contribution in [0.2, 0.25) is 0 Å². The molecule has 1 aliphatic heterocycles. The number of likely N-dealkylation sites (N-methyl/N-ethyl adjacent to an activating group) is 1. The van der Waals surface area contributed by atoms with Gasteiger partial charge in [-0.1, -0.05) is 36.1 Å². The zero-order chi connectivity index (χ0) is 20.6. The van der Waals surface area contributed by atoms with Crippen LogP contribution < -0.4 is 4.74 Å². The van der Waals surface area contributed by atoms with E-state index in [0.29, 0.717) is 12.3 Å². The Kier molecular flexibility index (Phi) is 7.37. The smallest absolute Gasteiger partial charge is 0.275 e. The molecule has 0 atom stereocenters. The van der Waals surface area contributed by atoms with Gasteiger partial charge >= 0.3 is 0 Å². The zero-order valence-electron chi connectivity index (χ0n) is 16.9. The standard InChI is InChI=1S/C21H29N5O3/c1-3-14-29-20-7-5-4-6-17(20)15-25-10-8-18(9-11-25)26-16-19(22-23-26)21(28)24(2)12-13-27/h3-7,16,18,27H,1,8-15H2,2H3. The third-order valence-corrected chi connectivity index (χ3v) is 5.17. The van der Waals surface area contributed by atoms with Gasteiger partial charge in [-0.25, -0.2) is 4.68 Å². The number of rotatable bonds is 9. The first-order chi connectivity index (χ1) is 14.1. The van der Waals surface area contributed by atoms with E-state index in [9.17, 15) is 4.79 Å². The Labute approximate surface area is 171 Å². The summed E-state index contributed by atoms with van der Waals surface area (Å²) < 4.78 is 7.57. The summed E-state index contributed by atoms with van der Waals surface area (Å²) in [5.41, 5.74) is 1.49. The molecule has 1 N–H and O–H groups in total. The molecule has 8 nitrogen and oxygen atoms in total. The van der Waals surface area contributed by atoms with Gasteiger partial charge in [-0.05, 0) is 18.9 Å². The fraction of sp³-hybridized carbons (Fsp3) is 0.476. The van der Waals surface area contributed by atoms with Crippen LogP contribution >= 0.6 is 0 Å². The Morgan fingerprint density at radius 3 is 2.86 bits per heavy atom. The van der Waals surface area contributed by atoms with Crippen molar-refractivity contribution < 1.29 is 14.6 Å². The molecule has 1 aromatic heterocycles. The first-order valence-corrected chi connectivity index (χ1v) is 9.94. The number of hydrogen-bond donors (Lipinski definition) is 1. The molecule has 0 bridgehead atoms. The number of piperidine rings is 1. The lowest BCUT2D eigenvalue weighted by Gasteiger charge is -2.32. The molecule has 2 aromatic rings. The topological polar surface area (TPSA) is 83.7 Å². The first-order valence-electron chi connectivity index (χ1n) is 9.94. The third kappa shape index (κ3) is 5.42. The highest BCUT2D eigenvalue weighted by atomic mass is 16.5. The van der Waals surface area contributed by atoms with Crippen LogP contribution in [0.3, 0.4) is 0 Å². The van der Waals surface area contributed by atoms with Crippen LogP contribution in [0.4, 0.5) is 0 Å². The van der Waals surface area contributed by atoms with Gasteiger partial charge in [0.05, 0.1) is 18.8 Å². The van der Waals surface area contributed by atoms with Gasteiger partial charge in [0.2, 0.25) is 0 Å². The average Bonchev–Trinajstić information content (AvgIpc) is 3.23. The number of likely N-dealkylation sites (tertiary alicyclic amines) is 1. The van der Waals surface area contributed by atoms with E-state index in [2.05, 4.69) is 27.9 Å². The molecular formula is C21H29N5O3. The van der Waals surface area contributed by atoms with Crippen molar-refractivity contribution >= 4 is 5.91 Å². The lowest BCUT2D eigenvalue weighted by atomic mass is 10.0. The summed E-state index contributed by atoms with van der Waals surface area (Å²) in [6, 6.07) is 8.34. The second-order valence-corrected chi connectivity index (χ2v) is 7.25. The summed E-state index contributed by atoms with van der Waals surface area (Å²) in [4.78, 5) is 16.1. The van der Waals surface area contributed by atoms with E-state index in [-0.39, 0.29) is 25.1 Å². The Balaban J connectivity index is 1.55. The number of ether oxygens (including phenoxy) is 1. The number of amides is 1. The molecule has 3 rings (SSSR count). The van der Waals surface area contributed by atoms with Gasteiger partial charge < -0.3 is 14.7 Å². The molecule has 8 heteroatoms. The van der Waals surface area contributed by atoms with Crippen LogP contribution in [0.1, 0.15) is 34.9 Å². The maximum atomic E-state index is 12.3. The molecule has 1 fully saturated rings. The van der Waals surface area contributed by atoms with Crippen molar-refractivity contribution in [3.05, 3.63) is 54.4 Å². The lowest BCUT2D eigenvalue weighted by Crippen LogP contribution is -2.34. The predicted molar refractivity (Wildman–Crippen MR) is 110 cm³/mol. The molecule has 0 saturated carbocycles. The summed E-state index contributed by atoms with van der Waals surface area (Å²) >= 11 is 0. The first kappa shape index (κ1) is 21.0. The van der Waals surface area contributed by atoms with Crippen LogP contribution in [-0.4, -0.2) is 75.7 Å². The van der Waals surface area contributed by atoms with Crippen LogP contribution in [-0.2, 0) is 6.54 Å². The highest BCUT2D eigenvalue weighted by Gasteiger charge is 2.24. The molecule has 0 radical (unpaired) electrons. The predicted octanol–water partition coefficient (Wildman–Crippen LogP) is 1.74. The van der Waals surface area contributed by atoms with Crippen molar-refractivity contribution in [3.63, 3.8) is 0 Å². The molecular weight excluding hydrogens is 370 g/mol. The number of carbonyl (C=O) groups excluding carboxylic acids is 1. The molecule has 156 valence electrons. The molecule has 0 aliphatic carbocycles. The van der Waals surface area contributed by atoms with Crippen LogP contribution in [0.15, 0.2) is 43.1 Å². The minimum Gasteiger partial charge on any atom is -0.489 e. The number of nitrogens with zero attached hydrogens (tertiary/aromatic N) is 5. The second kappa shape index (κ2) is 10.2. The third-order valence-electron chi connectivity index (χ3n) is 5.17. The summed E-state index contributed by atoms with van der Waals surface area (Å²) in [6.45, 7) is 7.13. The fourth-order valence-electron chi connectivity index (χ4n) is 3.51. The number of carbonyl (C=O) groups is 1. The molecule has 1 amide bonds. The van der Waals surface area contributed by atoms with E-state index in [1.807, 2.05) is 18.2 Å². The van der Waals surface area contributed by atoms with E-state index in [1.165, 1.54) is 10.5 Å². The largest absolute Gasteiger partial charge is 0.489 e. The summed E-state index contributed by atoms with van der Waals surface area (Å²) in [7, 11) is 1.65. The number of aliphatic hydroxyl groups is 1. The van der Waals surface area contributed by atoms with Gasteiger partial charge in [0.15, 0.2) is 5.69 Å². The van der Waals surface area contributed by atoms with Crippen molar-refractivity contribution in [2.24, 2.45) is 0 Å². The summed E-state index contributed by atoms with van der Waals surface area (Å²) in [5.74, 6) is 0.680. The summed E-state index contributed by atoms with van der Waals surface area (Å²) in [5, 5.41) is 17.2. The average molecular weight is 399 g/mol. The van der Waals surface area contributed by atoms with E-state index < -0.39 is 0 Å². The van der Waals surface area contributed by atoms with Gasteiger partial charge in [0.25, 0.3) is 5.91 Å². The van der Waals surface area contributed by atoms with Crippen molar-refractivity contribution in [3.8, 4) is 5.75 Å². The minimum atomic E-state index is -0.223. The van der Waals surface area contributed by atoms with Crippen molar-refractivity contribution in [1.82, 2.24) is 24.8 Å². The van der Waals surface area contributed by atoms with E-state index in [1.54, 1.807) is 24.0 Å². The van der Waals surface area contributed by atoms with Gasteiger partial charge in [0.1, 0.15) is 12.4 Å². The molecule has 1 saturated heterocycles.